The molecule has 0 radical (unpaired) electrons. The van der Waals surface area contributed by atoms with Crippen LogP contribution in [0.15, 0.2) is 72.8 Å². The molecule has 4 N–H and O–H groups in total. The number of hydrogen-bond donors (Lipinski definition) is 3. The van der Waals surface area contributed by atoms with Gasteiger partial charge in [0.05, 0.1) is 29.8 Å². The van der Waals surface area contributed by atoms with E-state index < -0.39 is 7.60 Å². The number of rotatable bonds is 11. The number of benzene rings is 3. The van der Waals surface area contributed by atoms with Gasteiger partial charge in [-0.15, -0.1) is 0 Å². The summed E-state index contributed by atoms with van der Waals surface area (Å²) in [6, 6.07) is 22.2. The van der Waals surface area contributed by atoms with E-state index in [1.165, 1.54) is 0 Å². The van der Waals surface area contributed by atoms with Crippen molar-refractivity contribution in [2.24, 2.45) is 5.73 Å². The summed E-state index contributed by atoms with van der Waals surface area (Å²) in [6.07, 6.45) is 0.833. The Morgan fingerprint density at radius 3 is 2.27 bits per heavy atom. The van der Waals surface area contributed by atoms with Crippen molar-refractivity contribution in [3.05, 3.63) is 89.5 Å². The lowest BCUT2D eigenvalue weighted by Crippen LogP contribution is -2.12. The van der Waals surface area contributed by atoms with Gasteiger partial charge in [-0.05, 0) is 61.7 Å². The Labute approximate surface area is 216 Å². The van der Waals surface area contributed by atoms with Gasteiger partial charge in [-0.3, -0.25) is 14.2 Å². The third kappa shape index (κ3) is 6.00. The molecule has 0 saturated carbocycles. The molecule has 1 aliphatic rings. The van der Waals surface area contributed by atoms with E-state index in [0.29, 0.717) is 34.2 Å². The van der Waals surface area contributed by atoms with Crippen molar-refractivity contribution < 1.29 is 23.2 Å². The van der Waals surface area contributed by atoms with Crippen LogP contribution in [0.2, 0.25) is 0 Å². The molecule has 2 amide bonds. The zero-order chi connectivity index (χ0) is 26.4. The zero-order valence-electron chi connectivity index (χ0n) is 20.8. The number of amides is 2. The van der Waals surface area contributed by atoms with Crippen LogP contribution in [0, 0.1) is 0 Å². The zero-order valence-corrected chi connectivity index (χ0v) is 21.7. The van der Waals surface area contributed by atoms with Gasteiger partial charge < -0.3 is 25.4 Å². The predicted molar refractivity (Wildman–Crippen MR) is 146 cm³/mol. The van der Waals surface area contributed by atoms with Crippen LogP contribution in [0.4, 0.5) is 11.4 Å². The number of nitrogens with two attached hydrogens (primary N) is 1. The Kier molecular flexibility index (Phi) is 8.24. The van der Waals surface area contributed by atoms with Crippen LogP contribution < -0.4 is 21.7 Å². The molecule has 0 atom stereocenters. The molecular formula is C28H30N3O5P. The Balaban J connectivity index is 1.79. The molecular weight excluding hydrogens is 489 g/mol. The van der Waals surface area contributed by atoms with E-state index in [4.69, 9.17) is 14.8 Å². The van der Waals surface area contributed by atoms with E-state index in [9.17, 15) is 14.2 Å². The van der Waals surface area contributed by atoms with Crippen LogP contribution in [0.5, 0.6) is 0 Å². The van der Waals surface area contributed by atoms with E-state index in [2.05, 4.69) is 10.6 Å². The number of hydrogen-bond acceptors (Lipinski definition) is 6. The second-order valence-electron chi connectivity index (χ2n) is 8.42. The number of primary amides is 1. The lowest BCUT2D eigenvalue weighted by atomic mass is 10.00. The number of fused-ring (bicyclic) bond motifs is 1. The molecule has 0 fully saturated rings. The summed E-state index contributed by atoms with van der Waals surface area (Å²) in [4.78, 5) is 24.4. The molecule has 0 unspecified atom stereocenters. The lowest BCUT2D eigenvalue weighted by molar-refractivity contribution is -0.118. The highest BCUT2D eigenvalue weighted by atomic mass is 31.2. The fraction of sp³-hybridized carbons (Fsp3) is 0.214. The molecule has 37 heavy (non-hydrogen) atoms. The van der Waals surface area contributed by atoms with Crippen molar-refractivity contribution >= 4 is 47.4 Å². The van der Waals surface area contributed by atoms with Gasteiger partial charge >= 0.3 is 7.60 Å². The summed E-state index contributed by atoms with van der Waals surface area (Å²) in [5, 5.41) is 6.70. The quantitative estimate of drug-likeness (QED) is 0.244. The van der Waals surface area contributed by atoms with Crippen LogP contribution in [-0.2, 0) is 29.6 Å². The number of carbonyl (C=O) groups is 2. The van der Waals surface area contributed by atoms with Crippen molar-refractivity contribution in [3.8, 4) is 0 Å². The van der Waals surface area contributed by atoms with Gasteiger partial charge in [-0.25, -0.2) is 0 Å². The van der Waals surface area contributed by atoms with E-state index >= 15 is 0 Å². The van der Waals surface area contributed by atoms with Crippen molar-refractivity contribution in [2.75, 3.05) is 23.8 Å². The van der Waals surface area contributed by atoms with Crippen LogP contribution in [-0.4, -0.2) is 25.0 Å². The molecule has 1 aliphatic heterocycles. The summed E-state index contributed by atoms with van der Waals surface area (Å²) in [7, 11) is -3.55. The molecule has 0 bridgehead atoms. The summed E-state index contributed by atoms with van der Waals surface area (Å²) < 4.78 is 24.5. The first-order valence-electron chi connectivity index (χ1n) is 12.1. The third-order valence-corrected chi connectivity index (χ3v) is 7.96. The highest BCUT2D eigenvalue weighted by Crippen LogP contribution is 2.48. The predicted octanol–water partition coefficient (Wildman–Crippen LogP) is 4.93. The standard InChI is InChI=1S/C28H30N3O5P/c1-3-35-37(34,36-4-2)22-15-16-24-23(18-22)26(28(33)31-24)27(20-8-6-5-7-9-20)30-21-13-10-19(11-14-21)12-17-25(29)32/h5-11,13-16,18,30H,3-4,12,17H2,1-2H3,(H2,29,32)(H,31,33). The largest absolute Gasteiger partial charge is 0.370 e. The lowest BCUT2D eigenvalue weighted by Gasteiger charge is -2.18. The van der Waals surface area contributed by atoms with Gasteiger partial charge in [-0.2, -0.15) is 0 Å². The molecule has 192 valence electrons. The molecule has 3 aromatic carbocycles. The van der Waals surface area contributed by atoms with Crippen LogP contribution >= 0.6 is 7.60 Å². The average Bonchev–Trinajstić information content (AvgIpc) is 3.22. The number of anilines is 2. The summed E-state index contributed by atoms with van der Waals surface area (Å²) in [5.74, 6) is -0.624. The maximum Gasteiger partial charge on any atom is 0.361 e. The SMILES string of the molecule is CCOP(=O)(OCC)c1ccc2c(c1)C(=C(Nc1ccc(CCC(N)=O)cc1)c1ccccc1)C(=O)N2. The number of carbonyl (C=O) groups excluding carboxylic acids is 2. The minimum atomic E-state index is -3.55. The second kappa shape index (κ2) is 11.6. The molecule has 0 saturated heterocycles. The monoisotopic (exact) mass is 519 g/mol. The normalized spacial score (nSPS) is 14.2. The molecule has 3 aromatic rings. The van der Waals surface area contributed by atoms with E-state index in [0.717, 1.165) is 16.8 Å². The van der Waals surface area contributed by atoms with Gasteiger partial charge in [0.25, 0.3) is 5.91 Å². The Morgan fingerprint density at radius 2 is 1.65 bits per heavy atom. The van der Waals surface area contributed by atoms with Crippen LogP contribution in [0.1, 0.15) is 37.0 Å². The Morgan fingerprint density at radius 1 is 0.973 bits per heavy atom. The van der Waals surface area contributed by atoms with E-state index in [-0.39, 0.29) is 31.4 Å². The highest BCUT2D eigenvalue weighted by molar-refractivity contribution is 7.62. The van der Waals surface area contributed by atoms with Crippen LogP contribution in [0.3, 0.4) is 0 Å². The Hall–Kier alpha value is -3.71. The number of aryl methyl sites for hydroxylation is 1. The molecule has 4 rings (SSSR count). The summed E-state index contributed by atoms with van der Waals surface area (Å²) in [6.45, 7) is 3.96. The first-order valence-corrected chi connectivity index (χ1v) is 13.7. The second-order valence-corrected chi connectivity index (χ2v) is 10.4. The fourth-order valence-electron chi connectivity index (χ4n) is 4.15. The Bertz CT molecular complexity index is 1360. The maximum absolute atomic E-state index is 13.5. The molecule has 8 nitrogen and oxygen atoms in total. The van der Waals surface area contributed by atoms with Crippen molar-refractivity contribution in [2.45, 2.75) is 26.7 Å². The summed E-state index contributed by atoms with van der Waals surface area (Å²) in [5.41, 5.74) is 10.0. The van der Waals surface area contributed by atoms with Gasteiger partial charge in [0.1, 0.15) is 0 Å². The first kappa shape index (κ1) is 26.4. The highest BCUT2D eigenvalue weighted by Gasteiger charge is 2.33. The maximum atomic E-state index is 13.5. The molecule has 0 aliphatic carbocycles. The number of nitrogens with one attached hydrogen (secondary N) is 2. The summed E-state index contributed by atoms with van der Waals surface area (Å²) >= 11 is 0. The minimum Gasteiger partial charge on any atom is -0.370 e. The molecule has 1 heterocycles. The van der Waals surface area contributed by atoms with Gasteiger partial charge in [-0.1, -0.05) is 42.5 Å². The fourth-order valence-corrected chi connectivity index (χ4v) is 5.75. The first-order chi connectivity index (χ1) is 17.8. The van der Waals surface area contributed by atoms with E-state index in [1.54, 1.807) is 32.0 Å². The van der Waals surface area contributed by atoms with E-state index in [1.807, 2.05) is 54.6 Å². The van der Waals surface area contributed by atoms with Gasteiger partial charge in [0, 0.05) is 23.4 Å². The minimum absolute atomic E-state index is 0.223. The van der Waals surface area contributed by atoms with Crippen molar-refractivity contribution in [3.63, 3.8) is 0 Å². The van der Waals surface area contributed by atoms with Crippen molar-refractivity contribution in [1.82, 2.24) is 0 Å². The molecule has 0 aromatic heterocycles. The topological polar surface area (TPSA) is 120 Å². The third-order valence-electron chi connectivity index (χ3n) is 5.86. The van der Waals surface area contributed by atoms with Gasteiger partial charge in [0.2, 0.25) is 5.91 Å². The smallest absolute Gasteiger partial charge is 0.361 e. The molecule has 0 spiro atoms. The molecule has 9 heteroatoms. The van der Waals surface area contributed by atoms with Gasteiger partial charge in [0.15, 0.2) is 0 Å². The average molecular weight is 520 g/mol. The van der Waals surface area contributed by atoms with Crippen LogP contribution in [0.25, 0.3) is 11.3 Å². The van der Waals surface area contributed by atoms with Crippen molar-refractivity contribution in [1.29, 1.82) is 0 Å².